The average Bonchev–Trinajstić information content (AvgIpc) is 2.62. The summed E-state index contributed by atoms with van der Waals surface area (Å²) in [5.74, 6) is -0.889. The fourth-order valence-electron chi connectivity index (χ4n) is 2.67. The predicted octanol–water partition coefficient (Wildman–Crippen LogP) is -0.883. The molecule has 0 bridgehead atoms. The van der Waals surface area contributed by atoms with E-state index in [9.17, 15) is 20.1 Å². The maximum Gasteiger partial charge on any atom is 0.335 e. The number of hydrogen-bond donors (Lipinski definition) is 5. The number of carbonyl (C=O) groups is 1. The van der Waals surface area contributed by atoms with Crippen LogP contribution in [0.5, 0.6) is 11.5 Å². The van der Waals surface area contributed by atoms with Crippen molar-refractivity contribution in [3.63, 3.8) is 0 Å². The molecule has 0 amide bonds. The fraction of sp³-hybridized carbons (Fsp3) is 0.588. The number of aliphatic carboxylic acids is 1. The number of ether oxygens (including phenoxy) is 3. The van der Waals surface area contributed by atoms with Crippen molar-refractivity contribution >= 4 is 5.97 Å². The monoisotopic (exact) mass is 371 g/mol. The molecule has 0 aliphatic carbocycles. The summed E-state index contributed by atoms with van der Waals surface area (Å²) in [5, 5.41) is 41.8. The van der Waals surface area contributed by atoms with Gasteiger partial charge in [-0.25, -0.2) is 4.79 Å². The van der Waals surface area contributed by atoms with Crippen molar-refractivity contribution in [1.82, 2.24) is 5.32 Å². The third kappa shape index (κ3) is 4.43. The highest BCUT2D eigenvalue weighted by Gasteiger charge is 2.48. The number of carboxylic acids is 1. The van der Waals surface area contributed by atoms with Gasteiger partial charge in [-0.2, -0.15) is 0 Å². The first kappa shape index (κ1) is 20.4. The lowest BCUT2D eigenvalue weighted by Gasteiger charge is -2.38. The summed E-state index contributed by atoms with van der Waals surface area (Å²) in [5.41, 5.74) is 0.986. The smallest absolute Gasteiger partial charge is 0.335 e. The predicted molar refractivity (Wildman–Crippen MR) is 90.2 cm³/mol. The van der Waals surface area contributed by atoms with Gasteiger partial charge in [0.2, 0.25) is 6.29 Å². The summed E-state index contributed by atoms with van der Waals surface area (Å²) in [6, 6.07) is 5.43. The highest BCUT2D eigenvalue weighted by Crippen LogP contribution is 2.32. The number of methoxy groups -OCH3 is 1. The Bertz CT molecular complexity index is 625. The van der Waals surface area contributed by atoms with E-state index in [0.29, 0.717) is 5.75 Å². The number of aliphatic hydroxyl groups excluding tert-OH is 3. The second-order valence-electron chi connectivity index (χ2n) is 6.23. The van der Waals surface area contributed by atoms with Crippen LogP contribution in [0.1, 0.15) is 12.5 Å². The Labute approximate surface area is 151 Å². The summed E-state index contributed by atoms with van der Waals surface area (Å²) >= 11 is 0. The van der Waals surface area contributed by atoms with Gasteiger partial charge in [0, 0.05) is 6.04 Å². The molecule has 0 saturated carbocycles. The van der Waals surface area contributed by atoms with E-state index in [1.54, 1.807) is 18.2 Å². The molecule has 1 heterocycles. The van der Waals surface area contributed by atoms with Gasteiger partial charge in [-0.1, -0.05) is 6.07 Å². The fourth-order valence-corrected chi connectivity index (χ4v) is 2.67. The summed E-state index contributed by atoms with van der Waals surface area (Å²) in [6.45, 7) is 2.03. The molecule has 1 aliphatic rings. The van der Waals surface area contributed by atoms with Crippen molar-refractivity contribution in [2.45, 2.75) is 50.1 Å². The van der Waals surface area contributed by atoms with E-state index in [4.69, 9.17) is 19.3 Å². The number of rotatable bonds is 7. The van der Waals surface area contributed by atoms with Crippen LogP contribution in [-0.4, -0.2) is 77.3 Å². The number of benzene rings is 1. The average molecular weight is 371 g/mol. The molecular weight excluding hydrogens is 346 g/mol. The van der Waals surface area contributed by atoms with E-state index >= 15 is 0 Å². The molecule has 9 heteroatoms. The van der Waals surface area contributed by atoms with Crippen LogP contribution in [-0.2, 0) is 16.0 Å². The normalized spacial score (nSPS) is 29.8. The zero-order valence-corrected chi connectivity index (χ0v) is 14.8. The summed E-state index contributed by atoms with van der Waals surface area (Å²) in [7, 11) is 3.31. The number of nitrogens with one attached hydrogen (secondary N) is 1. The molecule has 0 spiro atoms. The molecule has 26 heavy (non-hydrogen) atoms. The Hall–Kier alpha value is -1.91. The molecule has 9 nitrogen and oxygen atoms in total. The molecular formula is C17H25NO8. The van der Waals surface area contributed by atoms with Crippen LogP contribution in [0.2, 0.25) is 0 Å². The van der Waals surface area contributed by atoms with Gasteiger partial charge in [0.25, 0.3) is 0 Å². The minimum Gasteiger partial charge on any atom is -0.493 e. The Kier molecular flexibility index (Phi) is 6.79. The Balaban J connectivity index is 2.19. The molecule has 0 aromatic heterocycles. The van der Waals surface area contributed by atoms with Crippen LogP contribution >= 0.6 is 0 Å². The summed E-state index contributed by atoms with van der Waals surface area (Å²) < 4.78 is 15.9. The third-order valence-corrected chi connectivity index (χ3v) is 4.32. The first-order valence-electron chi connectivity index (χ1n) is 8.21. The van der Waals surface area contributed by atoms with Crippen molar-refractivity contribution in [3.8, 4) is 11.5 Å². The molecule has 146 valence electrons. The lowest BCUT2D eigenvalue weighted by molar-refractivity contribution is -0.271. The first-order valence-corrected chi connectivity index (χ1v) is 8.21. The number of likely N-dealkylation sites (N-methyl/N-ethyl adjacent to an activating group) is 1. The van der Waals surface area contributed by atoms with Crippen molar-refractivity contribution in [2.75, 3.05) is 14.2 Å². The molecule has 2 unspecified atom stereocenters. The highest BCUT2D eigenvalue weighted by molar-refractivity contribution is 5.73. The maximum absolute atomic E-state index is 11.1. The molecule has 1 aromatic rings. The Morgan fingerprint density at radius 2 is 1.92 bits per heavy atom. The van der Waals surface area contributed by atoms with Gasteiger partial charge >= 0.3 is 5.97 Å². The third-order valence-electron chi connectivity index (χ3n) is 4.32. The van der Waals surface area contributed by atoms with E-state index in [0.717, 1.165) is 12.0 Å². The van der Waals surface area contributed by atoms with Gasteiger partial charge in [-0.3, -0.25) is 0 Å². The number of hydrogen-bond acceptors (Lipinski definition) is 8. The molecule has 1 fully saturated rings. The van der Waals surface area contributed by atoms with Crippen molar-refractivity contribution in [2.24, 2.45) is 0 Å². The van der Waals surface area contributed by atoms with Crippen molar-refractivity contribution in [3.05, 3.63) is 23.8 Å². The van der Waals surface area contributed by atoms with E-state index < -0.39 is 36.7 Å². The molecule has 2 rings (SSSR count). The highest BCUT2D eigenvalue weighted by atomic mass is 16.7. The zero-order chi connectivity index (χ0) is 19.4. The molecule has 6 atom stereocenters. The lowest BCUT2D eigenvalue weighted by Crippen LogP contribution is -2.61. The molecule has 5 N–H and O–H groups in total. The second-order valence-corrected chi connectivity index (χ2v) is 6.23. The maximum atomic E-state index is 11.1. The van der Waals surface area contributed by atoms with Crippen molar-refractivity contribution < 1.29 is 39.4 Å². The zero-order valence-electron chi connectivity index (χ0n) is 14.8. The van der Waals surface area contributed by atoms with Gasteiger partial charge in [-0.05, 0) is 38.1 Å². The largest absolute Gasteiger partial charge is 0.493 e. The van der Waals surface area contributed by atoms with Crippen LogP contribution in [0.25, 0.3) is 0 Å². The van der Waals surface area contributed by atoms with Crippen LogP contribution < -0.4 is 14.8 Å². The summed E-state index contributed by atoms with van der Waals surface area (Å²) in [4.78, 5) is 11.1. The van der Waals surface area contributed by atoms with Crippen LogP contribution in [0.3, 0.4) is 0 Å². The van der Waals surface area contributed by atoms with Gasteiger partial charge in [0.1, 0.15) is 18.3 Å². The second kappa shape index (κ2) is 8.65. The topological polar surface area (TPSA) is 138 Å². The molecule has 1 saturated heterocycles. The van der Waals surface area contributed by atoms with Crippen LogP contribution in [0.4, 0.5) is 0 Å². The van der Waals surface area contributed by atoms with Crippen LogP contribution in [0, 0.1) is 0 Å². The van der Waals surface area contributed by atoms with E-state index in [1.165, 1.54) is 7.11 Å². The molecule has 0 radical (unpaired) electrons. The minimum atomic E-state index is -1.77. The lowest BCUT2D eigenvalue weighted by atomic mass is 9.99. The van der Waals surface area contributed by atoms with Gasteiger partial charge < -0.3 is 40.0 Å². The van der Waals surface area contributed by atoms with E-state index in [2.05, 4.69) is 5.32 Å². The van der Waals surface area contributed by atoms with E-state index in [1.807, 2.05) is 14.0 Å². The molecule has 1 aliphatic heterocycles. The van der Waals surface area contributed by atoms with Crippen LogP contribution in [0.15, 0.2) is 18.2 Å². The standard InChI is InChI=1S/C17H25NO8/c1-8(18-2)6-9-4-5-10(11(7-9)24-3)25-17-14(21)12(19)13(20)15(26-17)16(22)23/h4-5,7-8,12-15,17-21H,6H2,1-3H3,(H,22,23)/t8?,12-,13-,14+,15-,17?/m0/s1. The Morgan fingerprint density at radius 1 is 1.23 bits per heavy atom. The van der Waals surface area contributed by atoms with Gasteiger partial charge in [-0.15, -0.1) is 0 Å². The Morgan fingerprint density at radius 3 is 2.50 bits per heavy atom. The summed E-state index contributed by atoms with van der Waals surface area (Å²) in [6.07, 6.45) is -7.58. The number of aliphatic hydroxyl groups is 3. The van der Waals surface area contributed by atoms with E-state index in [-0.39, 0.29) is 11.8 Å². The van der Waals surface area contributed by atoms with Crippen molar-refractivity contribution in [1.29, 1.82) is 0 Å². The first-order chi connectivity index (χ1) is 12.3. The molecule has 1 aromatic carbocycles. The minimum absolute atomic E-state index is 0.213. The van der Waals surface area contributed by atoms with Gasteiger partial charge in [0.15, 0.2) is 17.6 Å². The quantitative estimate of drug-likeness (QED) is 0.413. The SMILES string of the molecule is CNC(C)Cc1ccc(OC2O[C@H](C(=O)O)[C@@H](O)[C@H](O)[C@H]2O)c(OC)c1. The number of carboxylic acid groups (broad SMARTS) is 1. The van der Waals surface area contributed by atoms with Gasteiger partial charge in [0.05, 0.1) is 7.11 Å².